The number of hydrogen-bond donors (Lipinski definition) is 1. The summed E-state index contributed by atoms with van der Waals surface area (Å²) in [7, 11) is 1.62. The Morgan fingerprint density at radius 2 is 2.24 bits per heavy atom. The molecule has 6 nitrogen and oxygen atoms in total. The first kappa shape index (κ1) is 11.8. The third-order valence-electron chi connectivity index (χ3n) is 3.38. The van der Waals surface area contributed by atoms with Crippen LogP contribution >= 0.6 is 0 Å². The van der Waals surface area contributed by atoms with Crippen LogP contribution in [-0.4, -0.2) is 21.5 Å². The van der Waals surface area contributed by atoms with Crippen LogP contribution in [0.4, 0.5) is 0 Å². The summed E-state index contributed by atoms with van der Waals surface area (Å²) in [4.78, 5) is 18.4. The molecule has 3 aromatic heterocycles. The number of H-pyrrole nitrogens is 1. The molecule has 4 aromatic rings. The minimum atomic E-state index is -0.459. The summed E-state index contributed by atoms with van der Waals surface area (Å²) in [6.07, 6.45) is 3.81. The van der Waals surface area contributed by atoms with Crippen molar-refractivity contribution in [1.82, 2.24) is 14.4 Å². The molecule has 1 N–H and O–H groups in total. The molecule has 0 unspecified atom stereocenters. The van der Waals surface area contributed by atoms with Gasteiger partial charge in [0.25, 0.3) is 0 Å². The van der Waals surface area contributed by atoms with Crippen LogP contribution in [0, 0.1) is 0 Å². The van der Waals surface area contributed by atoms with Crippen LogP contribution in [0.25, 0.3) is 28.0 Å². The number of ether oxygens (including phenoxy) is 1. The Hall–Kier alpha value is -3.02. The van der Waals surface area contributed by atoms with Crippen molar-refractivity contribution in [2.75, 3.05) is 7.11 Å². The first-order valence-electron chi connectivity index (χ1n) is 6.39. The summed E-state index contributed by atoms with van der Waals surface area (Å²) in [5.41, 5.74) is 3.58. The van der Waals surface area contributed by atoms with Gasteiger partial charge in [-0.3, -0.25) is 4.98 Å². The van der Waals surface area contributed by atoms with E-state index < -0.39 is 5.76 Å². The van der Waals surface area contributed by atoms with Gasteiger partial charge in [0.05, 0.1) is 18.3 Å². The standard InChI is InChI=1S/C15H11N3O3/c1-20-12-3-2-6-18-8-11(16-14(12)18)9-4-5-10-13(7-9)21-15(19)17-10/h2-8H,1H3,(H,17,19). The Bertz CT molecular complexity index is 1010. The molecule has 0 amide bonds. The minimum Gasteiger partial charge on any atom is -0.493 e. The van der Waals surface area contributed by atoms with Gasteiger partial charge in [-0.1, -0.05) is 6.07 Å². The molecular weight excluding hydrogens is 270 g/mol. The van der Waals surface area contributed by atoms with E-state index in [1.165, 1.54) is 0 Å². The highest BCUT2D eigenvalue weighted by atomic mass is 16.5. The van der Waals surface area contributed by atoms with Crippen LogP contribution in [-0.2, 0) is 0 Å². The SMILES string of the molecule is COc1cccn2cc(-c3ccc4[nH]c(=O)oc4c3)nc12. The molecule has 0 aliphatic carbocycles. The molecule has 0 bridgehead atoms. The van der Waals surface area contributed by atoms with Gasteiger partial charge in [0.1, 0.15) is 0 Å². The van der Waals surface area contributed by atoms with Gasteiger partial charge < -0.3 is 13.6 Å². The zero-order chi connectivity index (χ0) is 14.4. The average molecular weight is 281 g/mol. The Balaban J connectivity index is 1.93. The van der Waals surface area contributed by atoms with E-state index in [2.05, 4.69) is 9.97 Å². The lowest BCUT2D eigenvalue weighted by atomic mass is 10.1. The van der Waals surface area contributed by atoms with Crippen molar-refractivity contribution in [2.45, 2.75) is 0 Å². The molecule has 4 rings (SSSR count). The third kappa shape index (κ3) is 1.80. The highest BCUT2D eigenvalue weighted by molar-refractivity contribution is 5.79. The molecule has 21 heavy (non-hydrogen) atoms. The summed E-state index contributed by atoms with van der Waals surface area (Å²) >= 11 is 0. The first-order valence-corrected chi connectivity index (χ1v) is 6.39. The van der Waals surface area contributed by atoms with E-state index in [1.54, 1.807) is 19.2 Å². The predicted molar refractivity (Wildman–Crippen MR) is 77.6 cm³/mol. The largest absolute Gasteiger partial charge is 0.493 e. The number of nitrogens with zero attached hydrogens (tertiary/aromatic N) is 2. The van der Waals surface area contributed by atoms with Gasteiger partial charge in [-0.25, -0.2) is 9.78 Å². The Morgan fingerprint density at radius 1 is 1.33 bits per heavy atom. The minimum absolute atomic E-state index is 0.459. The van der Waals surface area contributed by atoms with Gasteiger partial charge >= 0.3 is 5.76 Å². The smallest absolute Gasteiger partial charge is 0.417 e. The number of aromatic nitrogens is 3. The fourth-order valence-corrected chi connectivity index (χ4v) is 2.39. The van der Waals surface area contributed by atoms with Gasteiger partial charge in [-0.15, -0.1) is 0 Å². The van der Waals surface area contributed by atoms with E-state index in [0.29, 0.717) is 16.8 Å². The molecule has 0 radical (unpaired) electrons. The Labute approximate surface area is 118 Å². The monoisotopic (exact) mass is 281 g/mol. The summed E-state index contributed by atoms with van der Waals surface area (Å²) in [6.45, 7) is 0. The van der Waals surface area contributed by atoms with Crippen LogP contribution in [0.5, 0.6) is 5.75 Å². The second-order valence-electron chi connectivity index (χ2n) is 4.66. The van der Waals surface area contributed by atoms with Gasteiger partial charge in [-0.2, -0.15) is 0 Å². The molecule has 1 aromatic carbocycles. The zero-order valence-corrected chi connectivity index (χ0v) is 11.2. The maximum Gasteiger partial charge on any atom is 0.417 e. The van der Waals surface area contributed by atoms with Crippen molar-refractivity contribution < 1.29 is 9.15 Å². The molecule has 0 aliphatic heterocycles. The van der Waals surface area contributed by atoms with E-state index in [4.69, 9.17) is 9.15 Å². The van der Waals surface area contributed by atoms with E-state index in [1.807, 2.05) is 35.0 Å². The number of oxazole rings is 1. The summed E-state index contributed by atoms with van der Waals surface area (Å²) in [6, 6.07) is 9.24. The highest BCUT2D eigenvalue weighted by Gasteiger charge is 2.10. The van der Waals surface area contributed by atoms with Gasteiger partial charge in [0, 0.05) is 18.0 Å². The lowest BCUT2D eigenvalue weighted by Gasteiger charge is -1.99. The fraction of sp³-hybridized carbons (Fsp3) is 0.0667. The van der Waals surface area contributed by atoms with E-state index in [9.17, 15) is 4.79 Å². The number of pyridine rings is 1. The highest BCUT2D eigenvalue weighted by Crippen LogP contribution is 2.26. The second-order valence-corrected chi connectivity index (χ2v) is 4.66. The van der Waals surface area contributed by atoms with Gasteiger partial charge in [-0.05, 0) is 24.3 Å². The van der Waals surface area contributed by atoms with Gasteiger partial charge in [0.2, 0.25) is 0 Å². The molecule has 0 saturated heterocycles. The molecule has 0 fully saturated rings. The number of aromatic amines is 1. The number of imidazole rings is 1. The third-order valence-corrected chi connectivity index (χ3v) is 3.38. The maximum atomic E-state index is 11.2. The summed E-state index contributed by atoms with van der Waals surface area (Å²) in [5.74, 6) is 0.247. The fourth-order valence-electron chi connectivity index (χ4n) is 2.39. The lowest BCUT2D eigenvalue weighted by Crippen LogP contribution is -1.92. The number of methoxy groups -OCH3 is 1. The lowest BCUT2D eigenvalue weighted by molar-refractivity contribution is 0.417. The molecule has 3 heterocycles. The van der Waals surface area contributed by atoms with Crippen molar-refractivity contribution in [3.05, 3.63) is 53.3 Å². The van der Waals surface area contributed by atoms with Crippen molar-refractivity contribution in [1.29, 1.82) is 0 Å². The molecule has 0 aliphatic rings. The van der Waals surface area contributed by atoms with Crippen molar-refractivity contribution in [3.8, 4) is 17.0 Å². The molecular formula is C15H11N3O3. The summed E-state index contributed by atoms with van der Waals surface area (Å²) < 4.78 is 12.3. The van der Waals surface area contributed by atoms with E-state index >= 15 is 0 Å². The number of fused-ring (bicyclic) bond motifs is 2. The Morgan fingerprint density at radius 3 is 3.10 bits per heavy atom. The van der Waals surface area contributed by atoms with Crippen LogP contribution < -0.4 is 10.5 Å². The number of nitrogens with one attached hydrogen (secondary N) is 1. The van der Waals surface area contributed by atoms with Crippen LogP contribution in [0.15, 0.2) is 51.9 Å². The Kier molecular flexibility index (Phi) is 2.38. The van der Waals surface area contributed by atoms with Crippen LogP contribution in [0.1, 0.15) is 0 Å². The van der Waals surface area contributed by atoms with E-state index in [-0.39, 0.29) is 0 Å². The van der Waals surface area contributed by atoms with Crippen molar-refractivity contribution in [2.24, 2.45) is 0 Å². The quantitative estimate of drug-likeness (QED) is 0.612. The molecule has 0 atom stereocenters. The predicted octanol–water partition coefficient (Wildman–Crippen LogP) is 2.44. The molecule has 104 valence electrons. The number of rotatable bonds is 2. The van der Waals surface area contributed by atoms with Crippen molar-refractivity contribution in [3.63, 3.8) is 0 Å². The first-order chi connectivity index (χ1) is 10.2. The van der Waals surface area contributed by atoms with Crippen LogP contribution in [0.2, 0.25) is 0 Å². The van der Waals surface area contributed by atoms with E-state index in [0.717, 1.165) is 16.9 Å². The maximum absolute atomic E-state index is 11.2. The normalized spacial score (nSPS) is 11.3. The summed E-state index contributed by atoms with van der Waals surface area (Å²) in [5, 5.41) is 0. The average Bonchev–Trinajstić information content (AvgIpc) is 3.07. The topological polar surface area (TPSA) is 72.5 Å². The zero-order valence-electron chi connectivity index (χ0n) is 11.2. The van der Waals surface area contributed by atoms with Crippen molar-refractivity contribution >= 4 is 16.7 Å². The number of hydrogen-bond acceptors (Lipinski definition) is 4. The van der Waals surface area contributed by atoms with Crippen LogP contribution in [0.3, 0.4) is 0 Å². The van der Waals surface area contributed by atoms with Gasteiger partial charge in [0.15, 0.2) is 17.0 Å². The number of benzene rings is 1. The molecule has 0 spiro atoms. The molecule has 6 heteroatoms. The second kappa shape index (κ2) is 4.24. The molecule has 0 saturated carbocycles.